The highest BCUT2D eigenvalue weighted by atomic mass is 32.2. The number of ether oxygens (including phenoxy) is 1. The van der Waals surface area contributed by atoms with Gasteiger partial charge < -0.3 is 4.74 Å². The summed E-state index contributed by atoms with van der Waals surface area (Å²) in [6.45, 7) is 7.92. The highest BCUT2D eigenvalue weighted by molar-refractivity contribution is 8.00. The Labute approximate surface area is 145 Å². The number of aryl methyl sites for hydroxylation is 1. The molecule has 0 bridgehead atoms. The van der Waals surface area contributed by atoms with Gasteiger partial charge in [-0.2, -0.15) is 0 Å². The molecule has 0 amide bonds. The normalized spacial score (nSPS) is 18.9. The van der Waals surface area contributed by atoms with Crippen molar-refractivity contribution in [2.75, 3.05) is 0 Å². The summed E-state index contributed by atoms with van der Waals surface area (Å²) in [7, 11) is 0. The van der Waals surface area contributed by atoms with E-state index >= 15 is 0 Å². The van der Waals surface area contributed by atoms with E-state index in [1.165, 1.54) is 28.6 Å². The van der Waals surface area contributed by atoms with Gasteiger partial charge in [-0.3, -0.25) is 4.79 Å². The van der Waals surface area contributed by atoms with Gasteiger partial charge in [0.2, 0.25) is 0 Å². The van der Waals surface area contributed by atoms with Crippen molar-refractivity contribution in [2.45, 2.75) is 63.3 Å². The maximum absolute atomic E-state index is 12.1. The molecule has 0 saturated heterocycles. The van der Waals surface area contributed by atoms with Gasteiger partial charge in [-0.1, -0.05) is 18.7 Å². The molecule has 6 heteroatoms. The summed E-state index contributed by atoms with van der Waals surface area (Å²) < 4.78 is 5.30. The van der Waals surface area contributed by atoms with Crippen LogP contribution in [0.2, 0.25) is 0 Å². The molecule has 0 radical (unpaired) electrons. The van der Waals surface area contributed by atoms with Crippen LogP contribution in [0.25, 0.3) is 10.2 Å². The van der Waals surface area contributed by atoms with Gasteiger partial charge in [0, 0.05) is 10.3 Å². The molecular formula is C17H22N2O2S2. The second-order valence-corrected chi connectivity index (χ2v) is 8.87. The first kappa shape index (κ1) is 16.7. The molecule has 23 heavy (non-hydrogen) atoms. The van der Waals surface area contributed by atoms with Gasteiger partial charge >= 0.3 is 5.97 Å². The van der Waals surface area contributed by atoms with Crippen molar-refractivity contribution < 1.29 is 9.53 Å². The SMILES string of the molecule is CC(C)OC(=O)[C@H](C)Sc1ncnc2sc3c(c12)CC[C@@H](C)C3. The Morgan fingerprint density at radius 3 is 2.91 bits per heavy atom. The first-order chi connectivity index (χ1) is 11.0. The summed E-state index contributed by atoms with van der Waals surface area (Å²) in [5.41, 5.74) is 1.40. The number of aromatic nitrogens is 2. The van der Waals surface area contributed by atoms with Gasteiger partial charge in [-0.05, 0) is 51.5 Å². The summed E-state index contributed by atoms with van der Waals surface area (Å²) in [5, 5.41) is 1.80. The largest absolute Gasteiger partial charge is 0.462 e. The molecule has 1 aliphatic rings. The van der Waals surface area contributed by atoms with Crippen molar-refractivity contribution in [3.63, 3.8) is 0 Å². The molecule has 2 atom stereocenters. The van der Waals surface area contributed by atoms with E-state index in [4.69, 9.17) is 4.74 Å². The quantitative estimate of drug-likeness (QED) is 0.469. The number of rotatable bonds is 4. The zero-order chi connectivity index (χ0) is 16.6. The van der Waals surface area contributed by atoms with E-state index in [0.29, 0.717) is 0 Å². The van der Waals surface area contributed by atoms with Crippen LogP contribution in [0, 0.1) is 5.92 Å². The van der Waals surface area contributed by atoms with E-state index in [1.807, 2.05) is 20.8 Å². The highest BCUT2D eigenvalue weighted by Crippen LogP contribution is 2.41. The van der Waals surface area contributed by atoms with Crippen molar-refractivity contribution in [3.05, 3.63) is 16.8 Å². The topological polar surface area (TPSA) is 52.1 Å². The molecule has 2 heterocycles. The standard InChI is InChI=1S/C17H22N2O2S2/c1-9(2)21-17(20)11(4)22-15-14-12-6-5-10(3)7-13(12)23-16(14)19-8-18-15/h8-11H,5-7H2,1-4H3/t10-,11+/m1/s1. The monoisotopic (exact) mass is 350 g/mol. The van der Waals surface area contributed by atoms with Gasteiger partial charge in [0.15, 0.2) is 0 Å². The molecule has 124 valence electrons. The van der Waals surface area contributed by atoms with Gasteiger partial charge in [0.05, 0.1) is 6.10 Å². The second-order valence-electron chi connectivity index (χ2n) is 6.46. The Balaban J connectivity index is 1.91. The predicted octanol–water partition coefficient (Wildman–Crippen LogP) is 4.25. The third kappa shape index (κ3) is 3.53. The number of carbonyl (C=O) groups excluding carboxylic acids is 1. The van der Waals surface area contributed by atoms with Gasteiger partial charge in [0.1, 0.15) is 21.4 Å². The zero-order valence-corrected chi connectivity index (χ0v) is 15.6. The molecule has 0 aliphatic heterocycles. The summed E-state index contributed by atoms with van der Waals surface area (Å²) in [6, 6.07) is 0. The maximum atomic E-state index is 12.1. The summed E-state index contributed by atoms with van der Waals surface area (Å²) >= 11 is 3.27. The van der Waals surface area contributed by atoms with Crippen molar-refractivity contribution in [1.82, 2.24) is 9.97 Å². The fourth-order valence-corrected chi connectivity index (χ4v) is 5.23. The van der Waals surface area contributed by atoms with E-state index < -0.39 is 0 Å². The molecule has 0 spiro atoms. The average Bonchev–Trinajstić information content (AvgIpc) is 2.84. The number of hydrogen-bond acceptors (Lipinski definition) is 6. The third-order valence-corrected chi connectivity index (χ3v) is 6.27. The molecule has 2 aromatic heterocycles. The smallest absolute Gasteiger partial charge is 0.319 e. The third-order valence-electron chi connectivity index (χ3n) is 4.03. The number of esters is 1. The van der Waals surface area contributed by atoms with E-state index in [0.717, 1.165) is 34.0 Å². The van der Waals surface area contributed by atoms with Crippen LogP contribution < -0.4 is 0 Å². The number of nitrogens with zero attached hydrogens (tertiary/aromatic N) is 2. The molecule has 3 rings (SSSR count). The summed E-state index contributed by atoms with van der Waals surface area (Å²) in [5.74, 6) is 0.550. The molecule has 0 N–H and O–H groups in total. The Bertz CT molecular complexity index is 727. The Hall–Kier alpha value is -1.14. The van der Waals surface area contributed by atoms with Crippen molar-refractivity contribution in [2.24, 2.45) is 5.92 Å². The first-order valence-electron chi connectivity index (χ1n) is 8.08. The van der Waals surface area contributed by atoms with Gasteiger partial charge in [0.25, 0.3) is 0 Å². The maximum Gasteiger partial charge on any atom is 0.319 e. The molecule has 0 saturated carbocycles. The van der Waals surface area contributed by atoms with Crippen LogP contribution in [0.4, 0.5) is 0 Å². The van der Waals surface area contributed by atoms with Gasteiger partial charge in [-0.25, -0.2) is 9.97 Å². The van der Waals surface area contributed by atoms with Crippen molar-refractivity contribution >= 4 is 39.3 Å². The van der Waals surface area contributed by atoms with Gasteiger partial charge in [-0.15, -0.1) is 11.3 Å². The van der Waals surface area contributed by atoms with Crippen LogP contribution >= 0.6 is 23.1 Å². The zero-order valence-electron chi connectivity index (χ0n) is 14.0. The minimum atomic E-state index is -0.270. The molecule has 0 aromatic carbocycles. The molecule has 1 aliphatic carbocycles. The lowest BCUT2D eigenvalue weighted by molar-refractivity contribution is -0.146. The minimum absolute atomic E-state index is 0.0913. The van der Waals surface area contributed by atoms with Crippen LogP contribution in [0.3, 0.4) is 0 Å². The number of carbonyl (C=O) groups is 1. The van der Waals surface area contributed by atoms with Crippen molar-refractivity contribution in [3.8, 4) is 0 Å². The Kier molecular flexibility index (Phi) is 4.92. The molecule has 0 unspecified atom stereocenters. The molecular weight excluding hydrogens is 328 g/mol. The van der Waals surface area contributed by atoms with E-state index in [-0.39, 0.29) is 17.3 Å². The van der Waals surface area contributed by atoms with Crippen LogP contribution in [0.15, 0.2) is 11.4 Å². The number of thiophene rings is 1. The van der Waals surface area contributed by atoms with E-state index in [9.17, 15) is 4.79 Å². The van der Waals surface area contributed by atoms with Crippen LogP contribution in [0.1, 0.15) is 44.6 Å². The molecule has 2 aromatic rings. The number of fused-ring (bicyclic) bond motifs is 3. The van der Waals surface area contributed by atoms with Crippen molar-refractivity contribution in [1.29, 1.82) is 0 Å². The van der Waals surface area contributed by atoms with Crippen LogP contribution in [-0.2, 0) is 22.4 Å². The summed E-state index contributed by atoms with van der Waals surface area (Å²) in [6.07, 6.45) is 4.94. The fraction of sp³-hybridized carbons (Fsp3) is 0.588. The lowest BCUT2D eigenvalue weighted by atomic mass is 9.89. The number of hydrogen-bond donors (Lipinski definition) is 0. The average molecular weight is 351 g/mol. The highest BCUT2D eigenvalue weighted by Gasteiger charge is 2.25. The van der Waals surface area contributed by atoms with E-state index in [1.54, 1.807) is 17.7 Å². The van der Waals surface area contributed by atoms with E-state index in [2.05, 4.69) is 16.9 Å². The van der Waals surface area contributed by atoms with Crippen LogP contribution in [-0.4, -0.2) is 27.3 Å². The molecule has 4 nitrogen and oxygen atoms in total. The fourth-order valence-electron chi connectivity index (χ4n) is 2.88. The Morgan fingerprint density at radius 1 is 1.39 bits per heavy atom. The lowest BCUT2D eigenvalue weighted by Crippen LogP contribution is -2.20. The Morgan fingerprint density at radius 2 is 2.17 bits per heavy atom. The first-order valence-corrected chi connectivity index (χ1v) is 9.77. The lowest BCUT2D eigenvalue weighted by Gasteiger charge is -2.18. The van der Waals surface area contributed by atoms with Crippen LogP contribution in [0.5, 0.6) is 0 Å². The minimum Gasteiger partial charge on any atom is -0.462 e. The number of thioether (sulfide) groups is 1. The molecule has 0 fully saturated rings. The predicted molar refractivity (Wildman–Crippen MR) is 95.2 cm³/mol. The summed E-state index contributed by atoms with van der Waals surface area (Å²) in [4.78, 5) is 23.5. The second kappa shape index (κ2) is 6.77.